The molecule has 0 aliphatic heterocycles. The van der Waals surface area contributed by atoms with Crippen LogP contribution in [0.4, 0.5) is 0 Å². The van der Waals surface area contributed by atoms with Gasteiger partial charge in [-0.1, -0.05) is 146 Å². The van der Waals surface area contributed by atoms with E-state index >= 15 is 0 Å². The fraction of sp³-hybridized carbons (Fsp3) is 0. The van der Waals surface area contributed by atoms with Gasteiger partial charge < -0.3 is 0 Å². The lowest BCUT2D eigenvalue weighted by atomic mass is 9.99. The van der Waals surface area contributed by atoms with Crippen molar-refractivity contribution in [1.29, 1.82) is 0 Å². The van der Waals surface area contributed by atoms with Crippen molar-refractivity contribution in [3.8, 4) is 73.4 Å². The second-order valence-corrected chi connectivity index (χ2v) is 12.4. The van der Waals surface area contributed by atoms with Crippen molar-refractivity contribution in [2.24, 2.45) is 0 Å². The van der Waals surface area contributed by atoms with Crippen molar-refractivity contribution < 1.29 is 0 Å². The van der Waals surface area contributed by atoms with Crippen LogP contribution in [0.3, 0.4) is 0 Å². The Balaban J connectivity index is 0.981. The fourth-order valence-electron chi connectivity index (χ4n) is 6.49. The summed E-state index contributed by atoms with van der Waals surface area (Å²) in [5.74, 6) is 1.53. The number of pyridine rings is 1. The van der Waals surface area contributed by atoms with Gasteiger partial charge in [-0.25, -0.2) is 15.0 Å². The Bertz CT molecular complexity index is 2520. The molecule has 0 N–H and O–H groups in total. The fourth-order valence-corrected chi connectivity index (χ4v) is 6.49. The van der Waals surface area contributed by atoms with E-state index in [1.165, 1.54) is 0 Å². The largest absolute Gasteiger partial charge is 0.291 e. The Kier molecular flexibility index (Phi) is 7.76. The first-order valence-corrected chi connectivity index (χ1v) is 17.0. The number of fused-ring (bicyclic) bond motifs is 1. The summed E-state index contributed by atoms with van der Waals surface area (Å²) in [5.41, 5.74) is 13.2. The Labute approximate surface area is 296 Å². The molecule has 240 valence electrons. The maximum Gasteiger partial charge on any atom is 0.164 e. The summed E-state index contributed by atoms with van der Waals surface area (Å²) in [5, 5.41) is 0. The van der Waals surface area contributed by atoms with Gasteiger partial charge in [-0.15, -0.1) is 0 Å². The van der Waals surface area contributed by atoms with Crippen molar-refractivity contribution in [3.05, 3.63) is 188 Å². The van der Waals surface area contributed by atoms with E-state index in [1.807, 2.05) is 91.1 Å². The number of benzene rings is 6. The lowest BCUT2D eigenvalue weighted by Crippen LogP contribution is -1.98. The third kappa shape index (κ3) is 5.98. The summed E-state index contributed by atoms with van der Waals surface area (Å²) in [6.07, 6.45) is 1.93. The summed E-state index contributed by atoms with van der Waals surface area (Å²) in [6.45, 7) is 0. The van der Waals surface area contributed by atoms with Crippen molar-refractivity contribution in [2.75, 3.05) is 0 Å². The van der Waals surface area contributed by atoms with Crippen LogP contribution in [0.25, 0.3) is 84.4 Å². The van der Waals surface area contributed by atoms with Crippen LogP contribution >= 0.6 is 0 Å². The van der Waals surface area contributed by atoms with Crippen molar-refractivity contribution in [3.63, 3.8) is 0 Å². The van der Waals surface area contributed by atoms with Crippen LogP contribution in [-0.4, -0.2) is 24.5 Å². The van der Waals surface area contributed by atoms with Gasteiger partial charge in [0, 0.05) is 34.1 Å². The third-order valence-corrected chi connectivity index (χ3v) is 9.13. The van der Waals surface area contributed by atoms with Crippen LogP contribution < -0.4 is 0 Å². The van der Waals surface area contributed by atoms with Gasteiger partial charge in [0.25, 0.3) is 0 Å². The molecular formula is C46H31N5. The summed E-state index contributed by atoms with van der Waals surface area (Å²) in [7, 11) is 0. The van der Waals surface area contributed by atoms with E-state index in [0.29, 0.717) is 5.82 Å². The molecular weight excluding hydrogens is 623 g/mol. The SMILES string of the molecule is c1ccc(-c2cc(-c3ccc(-c4ccc(-c5ccc(-c6nc7ccccc7n6-c6ccccc6)nc5)cc4)cc3)nc(-c3ccccc3)n2)cc1. The van der Waals surface area contributed by atoms with Gasteiger partial charge in [0.1, 0.15) is 5.69 Å². The maximum atomic E-state index is 4.98. The predicted molar refractivity (Wildman–Crippen MR) is 207 cm³/mol. The quantitative estimate of drug-likeness (QED) is 0.172. The number of hydrogen-bond donors (Lipinski definition) is 0. The maximum absolute atomic E-state index is 4.98. The van der Waals surface area contributed by atoms with Gasteiger partial charge in [-0.05, 0) is 53.1 Å². The van der Waals surface area contributed by atoms with Crippen LogP contribution in [-0.2, 0) is 0 Å². The van der Waals surface area contributed by atoms with Gasteiger partial charge in [0.15, 0.2) is 11.6 Å². The standard InChI is InChI=1S/C46H31N5/c1-4-12-35(13-5-1)42-30-43(49-45(48-42)37-14-6-2-7-15-37)36-26-24-33(25-27-36)32-20-22-34(23-21-32)38-28-29-41(47-31-38)46-50-40-18-10-11-19-44(40)51(46)39-16-8-3-9-17-39/h1-31H. The molecule has 0 fully saturated rings. The Hall–Kier alpha value is -6.98. The molecule has 0 radical (unpaired) electrons. The molecule has 9 rings (SSSR count). The van der Waals surface area contributed by atoms with Crippen LogP contribution in [0.1, 0.15) is 0 Å². The normalized spacial score (nSPS) is 11.1. The summed E-state index contributed by atoms with van der Waals surface area (Å²) < 4.78 is 2.17. The minimum absolute atomic E-state index is 0.712. The van der Waals surface area contributed by atoms with E-state index in [4.69, 9.17) is 19.9 Å². The molecule has 0 bridgehead atoms. The Morgan fingerprint density at radius 1 is 0.353 bits per heavy atom. The first-order valence-electron chi connectivity index (χ1n) is 17.0. The highest BCUT2D eigenvalue weighted by molar-refractivity contribution is 5.83. The molecule has 0 saturated heterocycles. The minimum atomic E-state index is 0.712. The van der Waals surface area contributed by atoms with E-state index in [1.54, 1.807) is 0 Å². The highest BCUT2D eigenvalue weighted by Crippen LogP contribution is 2.32. The molecule has 0 unspecified atom stereocenters. The molecule has 3 aromatic heterocycles. The van der Waals surface area contributed by atoms with Crippen molar-refractivity contribution in [1.82, 2.24) is 24.5 Å². The van der Waals surface area contributed by atoms with Crippen LogP contribution in [0.5, 0.6) is 0 Å². The van der Waals surface area contributed by atoms with E-state index in [-0.39, 0.29) is 0 Å². The van der Waals surface area contributed by atoms with Crippen molar-refractivity contribution >= 4 is 11.0 Å². The van der Waals surface area contributed by atoms with Gasteiger partial charge in [0.05, 0.1) is 22.4 Å². The molecule has 0 spiro atoms. The minimum Gasteiger partial charge on any atom is -0.291 e. The molecule has 6 aromatic carbocycles. The lowest BCUT2D eigenvalue weighted by molar-refractivity contribution is 1.08. The number of nitrogens with zero attached hydrogens (tertiary/aromatic N) is 5. The zero-order chi connectivity index (χ0) is 34.0. The van der Waals surface area contributed by atoms with E-state index in [2.05, 4.69) is 102 Å². The second kappa shape index (κ2) is 13.1. The van der Waals surface area contributed by atoms with Crippen LogP contribution in [0, 0.1) is 0 Å². The summed E-state index contributed by atoms with van der Waals surface area (Å²) in [6, 6.07) is 62.4. The Morgan fingerprint density at radius 2 is 0.843 bits per heavy atom. The molecule has 3 heterocycles. The second-order valence-electron chi connectivity index (χ2n) is 12.4. The average molecular weight is 654 g/mol. The summed E-state index contributed by atoms with van der Waals surface area (Å²) in [4.78, 5) is 19.7. The average Bonchev–Trinajstić information content (AvgIpc) is 3.62. The van der Waals surface area contributed by atoms with E-state index in [9.17, 15) is 0 Å². The highest BCUT2D eigenvalue weighted by atomic mass is 15.1. The molecule has 5 nitrogen and oxygen atoms in total. The highest BCUT2D eigenvalue weighted by Gasteiger charge is 2.16. The molecule has 9 aromatic rings. The predicted octanol–water partition coefficient (Wildman–Crippen LogP) is 11.2. The zero-order valence-corrected chi connectivity index (χ0v) is 27.6. The van der Waals surface area contributed by atoms with E-state index in [0.717, 1.165) is 78.6 Å². The molecule has 51 heavy (non-hydrogen) atoms. The van der Waals surface area contributed by atoms with Gasteiger partial charge >= 0.3 is 0 Å². The van der Waals surface area contributed by atoms with Crippen LogP contribution in [0.2, 0.25) is 0 Å². The summed E-state index contributed by atoms with van der Waals surface area (Å²) >= 11 is 0. The number of imidazole rings is 1. The number of aromatic nitrogens is 5. The topological polar surface area (TPSA) is 56.5 Å². The number of hydrogen-bond acceptors (Lipinski definition) is 4. The first-order chi connectivity index (χ1) is 25.3. The number of para-hydroxylation sites is 3. The van der Waals surface area contributed by atoms with Crippen LogP contribution in [0.15, 0.2) is 188 Å². The van der Waals surface area contributed by atoms with Crippen molar-refractivity contribution in [2.45, 2.75) is 0 Å². The molecule has 0 amide bonds. The smallest absolute Gasteiger partial charge is 0.164 e. The van der Waals surface area contributed by atoms with Gasteiger partial charge in [-0.3, -0.25) is 9.55 Å². The molecule has 5 heteroatoms. The Morgan fingerprint density at radius 3 is 1.45 bits per heavy atom. The molecule has 0 atom stereocenters. The molecule has 0 saturated carbocycles. The third-order valence-electron chi connectivity index (χ3n) is 9.13. The lowest BCUT2D eigenvalue weighted by Gasteiger charge is -2.11. The van der Waals surface area contributed by atoms with E-state index < -0.39 is 0 Å². The number of rotatable bonds is 7. The van der Waals surface area contributed by atoms with Gasteiger partial charge in [-0.2, -0.15) is 0 Å². The van der Waals surface area contributed by atoms with Gasteiger partial charge in [0.2, 0.25) is 0 Å². The molecule has 0 aliphatic carbocycles. The monoisotopic (exact) mass is 653 g/mol. The zero-order valence-electron chi connectivity index (χ0n) is 27.6. The molecule has 0 aliphatic rings. The first kappa shape index (κ1) is 30.1.